The summed E-state index contributed by atoms with van der Waals surface area (Å²) in [5.74, 6) is 0.822. The van der Waals surface area contributed by atoms with Crippen molar-refractivity contribution in [1.82, 2.24) is 0 Å². The van der Waals surface area contributed by atoms with Crippen LogP contribution in [0.5, 0.6) is 0 Å². The van der Waals surface area contributed by atoms with Crippen LogP contribution in [0.15, 0.2) is 41.5 Å². The smallest absolute Gasteiger partial charge is 0.335 e. The van der Waals surface area contributed by atoms with Crippen LogP contribution in [0.1, 0.15) is 24.8 Å². The minimum absolute atomic E-state index is 0.214. The maximum atomic E-state index is 12.6. The van der Waals surface area contributed by atoms with Crippen molar-refractivity contribution in [3.8, 4) is 0 Å². The summed E-state index contributed by atoms with van der Waals surface area (Å²) in [6.45, 7) is 0.239. The Kier molecular flexibility index (Phi) is 3.47. The van der Waals surface area contributed by atoms with Crippen LogP contribution in [0.3, 0.4) is 0 Å². The number of hydrogen-bond donors (Lipinski definition) is 0. The van der Waals surface area contributed by atoms with Gasteiger partial charge in [0, 0.05) is 11.8 Å². The van der Waals surface area contributed by atoms with E-state index in [1.54, 1.807) is 0 Å². The Morgan fingerprint density at radius 3 is 2.22 bits per heavy atom. The monoisotopic (exact) mass is 312 g/mol. The normalized spacial score (nSPS) is 30.7. The van der Waals surface area contributed by atoms with Crippen molar-refractivity contribution < 1.29 is 19.1 Å². The molecule has 4 atom stereocenters. The first-order chi connectivity index (χ1) is 11.2. The summed E-state index contributed by atoms with van der Waals surface area (Å²) in [5.41, 5.74) is 2.12. The van der Waals surface area contributed by atoms with E-state index in [0.29, 0.717) is 23.0 Å². The molecule has 120 valence electrons. The fraction of sp³-hybridized carbons (Fsp3) is 0.474. The second-order valence-corrected chi connectivity index (χ2v) is 6.77. The molecular weight excluding hydrogens is 292 g/mol. The Hall–Kier alpha value is -2.10. The van der Waals surface area contributed by atoms with Gasteiger partial charge in [0.25, 0.3) is 0 Å². The van der Waals surface area contributed by atoms with Crippen molar-refractivity contribution in [3.63, 3.8) is 0 Å². The molecular formula is C19H20O4. The third-order valence-corrected chi connectivity index (χ3v) is 5.71. The van der Waals surface area contributed by atoms with Gasteiger partial charge in [0.1, 0.15) is 6.61 Å². The quantitative estimate of drug-likeness (QED) is 0.802. The summed E-state index contributed by atoms with van der Waals surface area (Å²) < 4.78 is 10.4. The molecule has 4 rings (SSSR count). The van der Waals surface area contributed by atoms with Crippen LogP contribution < -0.4 is 0 Å². The zero-order chi connectivity index (χ0) is 16.0. The lowest BCUT2D eigenvalue weighted by Crippen LogP contribution is -2.42. The fourth-order valence-corrected chi connectivity index (χ4v) is 4.79. The molecule has 0 amide bonds. The zero-order valence-corrected chi connectivity index (χ0v) is 13.2. The minimum atomic E-state index is -0.356. The lowest BCUT2D eigenvalue weighted by molar-refractivity contribution is -0.145. The topological polar surface area (TPSA) is 52.6 Å². The second-order valence-electron chi connectivity index (χ2n) is 6.77. The van der Waals surface area contributed by atoms with Crippen LogP contribution >= 0.6 is 0 Å². The first-order valence-corrected chi connectivity index (χ1v) is 8.24. The van der Waals surface area contributed by atoms with Gasteiger partial charge in [0.2, 0.25) is 0 Å². The summed E-state index contributed by atoms with van der Waals surface area (Å²) in [7, 11) is 1.38. The SMILES string of the molecule is COC(=O)C1=C(C(=O)OCc2ccccc2)[C@@H]2[C@H]3CC[C@H](C3)[C@H]12. The van der Waals surface area contributed by atoms with Crippen LogP contribution in [-0.2, 0) is 25.7 Å². The minimum Gasteiger partial charge on any atom is -0.466 e. The number of ether oxygens (including phenoxy) is 2. The molecule has 0 spiro atoms. The van der Waals surface area contributed by atoms with E-state index in [1.165, 1.54) is 13.5 Å². The molecule has 0 N–H and O–H groups in total. The molecule has 3 aliphatic rings. The number of carbonyl (C=O) groups is 2. The first kappa shape index (κ1) is 14.5. The molecule has 0 aliphatic heterocycles. The first-order valence-electron chi connectivity index (χ1n) is 8.24. The number of esters is 2. The molecule has 0 aromatic heterocycles. The molecule has 0 unspecified atom stereocenters. The van der Waals surface area contributed by atoms with E-state index in [9.17, 15) is 9.59 Å². The highest BCUT2D eigenvalue weighted by atomic mass is 16.5. The van der Waals surface area contributed by atoms with Gasteiger partial charge in [-0.05, 0) is 36.7 Å². The Balaban J connectivity index is 1.55. The highest BCUT2D eigenvalue weighted by molar-refractivity contribution is 6.04. The van der Waals surface area contributed by atoms with Crippen molar-refractivity contribution in [3.05, 3.63) is 47.0 Å². The van der Waals surface area contributed by atoms with E-state index in [0.717, 1.165) is 18.4 Å². The van der Waals surface area contributed by atoms with Gasteiger partial charge in [0.05, 0.1) is 18.3 Å². The van der Waals surface area contributed by atoms with E-state index in [4.69, 9.17) is 9.47 Å². The number of methoxy groups -OCH3 is 1. The van der Waals surface area contributed by atoms with Gasteiger partial charge < -0.3 is 9.47 Å². The molecule has 3 aliphatic carbocycles. The van der Waals surface area contributed by atoms with Gasteiger partial charge in [-0.3, -0.25) is 0 Å². The average molecular weight is 312 g/mol. The highest BCUT2D eigenvalue weighted by Crippen LogP contribution is 2.63. The van der Waals surface area contributed by atoms with Gasteiger partial charge in [-0.15, -0.1) is 0 Å². The summed E-state index contributed by atoms with van der Waals surface area (Å²) in [6, 6.07) is 9.60. The Bertz CT molecular complexity index is 676. The van der Waals surface area contributed by atoms with Crippen LogP contribution in [0.25, 0.3) is 0 Å². The number of hydrogen-bond acceptors (Lipinski definition) is 4. The molecule has 1 aromatic rings. The summed E-state index contributed by atoms with van der Waals surface area (Å²) in [5, 5.41) is 0. The summed E-state index contributed by atoms with van der Waals surface area (Å²) in [4.78, 5) is 24.7. The number of rotatable bonds is 4. The predicted octanol–water partition coefficient (Wildman–Crippen LogP) is 2.88. The van der Waals surface area contributed by atoms with Gasteiger partial charge >= 0.3 is 11.9 Å². The molecule has 2 bridgehead atoms. The summed E-state index contributed by atoms with van der Waals surface area (Å²) >= 11 is 0. The largest absolute Gasteiger partial charge is 0.466 e. The predicted molar refractivity (Wildman–Crippen MR) is 83.1 cm³/mol. The average Bonchev–Trinajstić information content (AvgIpc) is 3.12. The summed E-state index contributed by atoms with van der Waals surface area (Å²) in [6.07, 6.45) is 3.46. The maximum Gasteiger partial charge on any atom is 0.335 e. The number of carbonyl (C=O) groups excluding carboxylic acids is 2. The van der Waals surface area contributed by atoms with E-state index in [2.05, 4.69) is 0 Å². The third-order valence-electron chi connectivity index (χ3n) is 5.71. The van der Waals surface area contributed by atoms with Crippen LogP contribution in [0.4, 0.5) is 0 Å². The highest BCUT2D eigenvalue weighted by Gasteiger charge is 2.60. The van der Waals surface area contributed by atoms with Gasteiger partial charge in [-0.2, -0.15) is 0 Å². The Morgan fingerprint density at radius 2 is 1.61 bits per heavy atom. The van der Waals surface area contributed by atoms with Crippen LogP contribution in [0, 0.1) is 23.7 Å². The molecule has 0 radical (unpaired) electrons. The van der Waals surface area contributed by atoms with Gasteiger partial charge in [-0.25, -0.2) is 9.59 Å². The van der Waals surface area contributed by atoms with E-state index < -0.39 is 0 Å². The van der Waals surface area contributed by atoms with Crippen molar-refractivity contribution in [2.24, 2.45) is 23.7 Å². The zero-order valence-electron chi connectivity index (χ0n) is 13.2. The van der Waals surface area contributed by atoms with E-state index in [-0.39, 0.29) is 30.4 Å². The van der Waals surface area contributed by atoms with Crippen molar-refractivity contribution in [2.45, 2.75) is 25.9 Å². The van der Waals surface area contributed by atoms with Gasteiger partial charge in [-0.1, -0.05) is 30.3 Å². The molecule has 4 heteroatoms. The number of benzene rings is 1. The van der Waals surface area contributed by atoms with E-state index >= 15 is 0 Å². The van der Waals surface area contributed by atoms with E-state index in [1.807, 2.05) is 30.3 Å². The fourth-order valence-electron chi connectivity index (χ4n) is 4.79. The maximum absolute atomic E-state index is 12.6. The lowest BCUT2D eigenvalue weighted by Gasteiger charge is -2.42. The molecule has 23 heavy (non-hydrogen) atoms. The second kappa shape index (κ2) is 5.52. The van der Waals surface area contributed by atoms with Crippen LogP contribution in [-0.4, -0.2) is 19.0 Å². The van der Waals surface area contributed by atoms with Crippen molar-refractivity contribution in [2.75, 3.05) is 7.11 Å². The molecule has 2 saturated carbocycles. The Labute approximate surface area is 135 Å². The van der Waals surface area contributed by atoms with Gasteiger partial charge in [0.15, 0.2) is 0 Å². The van der Waals surface area contributed by atoms with Crippen LogP contribution in [0.2, 0.25) is 0 Å². The van der Waals surface area contributed by atoms with Crippen molar-refractivity contribution in [1.29, 1.82) is 0 Å². The molecule has 0 heterocycles. The standard InChI is InChI=1S/C19H20O4/c1-22-18(20)16-14-12-7-8-13(9-12)15(14)17(16)19(21)23-10-11-5-3-2-4-6-11/h2-6,12-15H,7-10H2,1H3/t12-,13+,14+,15-/m1/s1. The molecule has 2 fully saturated rings. The van der Waals surface area contributed by atoms with Crippen molar-refractivity contribution >= 4 is 11.9 Å². The Morgan fingerprint density at radius 1 is 1.00 bits per heavy atom. The molecule has 4 nitrogen and oxygen atoms in total. The number of fused-ring (bicyclic) bond motifs is 5. The molecule has 0 saturated heterocycles. The molecule has 1 aromatic carbocycles. The third kappa shape index (κ3) is 2.19. The lowest BCUT2D eigenvalue weighted by atomic mass is 9.61.